The fourth-order valence-electron chi connectivity index (χ4n) is 2.04. The molecule has 0 fully saturated rings. The van der Waals surface area contributed by atoms with Gasteiger partial charge >= 0.3 is 0 Å². The van der Waals surface area contributed by atoms with Crippen molar-refractivity contribution in [2.75, 3.05) is 11.5 Å². The lowest BCUT2D eigenvalue weighted by atomic mass is 10.1. The Hall–Kier alpha value is -0.930. The van der Waals surface area contributed by atoms with Crippen molar-refractivity contribution in [3.63, 3.8) is 0 Å². The highest BCUT2D eigenvalue weighted by Gasteiger charge is 2.16. The van der Waals surface area contributed by atoms with Crippen LogP contribution in [0.25, 0.3) is 10.9 Å². The number of nitrogens with two attached hydrogens (primary N) is 1. The average Bonchev–Trinajstić information content (AvgIpc) is 2.31. The number of aromatic nitrogens is 1. The maximum atomic E-state index is 6.19. The molecule has 1 aliphatic heterocycles. The molecule has 16 heavy (non-hydrogen) atoms. The van der Waals surface area contributed by atoms with E-state index in [4.69, 9.17) is 17.3 Å². The maximum Gasteiger partial charge on any atom is 0.0727 e. The number of thioether (sulfide) groups is 1. The summed E-state index contributed by atoms with van der Waals surface area (Å²) in [5.41, 5.74) is 9.12. The van der Waals surface area contributed by atoms with Crippen LogP contribution in [0.5, 0.6) is 0 Å². The maximum absolute atomic E-state index is 6.19. The average molecular weight is 251 g/mol. The minimum Gasteiger partial charge on any atom is -0.397 e. The van der Waals surface area contributed by atoms with Gasteiger partial charge in [-0.1, -0.05) is 11.6 Å². The van der Waals surface area contributed by atoms with Gasteiger partial charge in [0.25, 0.3) is 0 Å². The fourth-order valence-corrected chi connectivity index (χ4v) is 3.28. The fraction of sp³-hybridized carbons (Fsp3) is 0.250. The number of aryl methyl sites for hydroxylation is 1. The molecule has 1 aliphatic rings. The molecule has 82 valence electrons. The second-order valence-electron chi connectivity index (χ2n) is 3.91. The van der Waals surface area contributed by atoms with Gasteiger partial charge in [0.2, 0.25) is 0 Å². The SMILES string of the molecule is Nc1c2c(nc3ccc(Cl)cc13)CCCS2. The Balaban J connectivity index is 2.35. The van der Waals surface area contributed by atoms with Crippen molar-refractivity contribution in [2.24, 2.45) is 0 Å². The first kappa shape index (κ1) is 10.2. The molecule has 2 aromatic rings. The van der Waals surface area contributed by atoms with E-state index in [2.05, 4.69) is 4.98 Å². The number of rotatable bonds is 0. The monoisotopic (exact) mass is 250 g/mol. The smallest absolute Gasteiger partial charge is 0.0727 e. The Bertz CT molecular complexity index is 568. The van der Waals surface area contributed by atoms with Crippen LogP contribution in [-0.4, -0.2) is 10.7 Å². The molecule has 1 aromatic carbocycles. The van der Waals surface area contributed by atoms with Crippen molar-refractivity contribution in [3.05, 3.63) is 28.9 Å². The van der Waals surface area contributed by atoms with E-state index >= 15 is 0 Å². The number of anilines is 1. The standard InChI is InChI=1S/C12H11ClN2S/c13-7-3-4-9-8(6-7)11(14)12-10(15-9)2-1-5-16-12/h3-4,6H,1-2,5H2,(H2,14,15). The third kappa shape index (κ3) is 1.55. The lowest BCUT2D eigenvalue weighted by Gasteiger charge is -2.17. The van der Waals surface area contributed by atoms with Crippen molar-refractivity contribution in [2.45, 2.75) is 17.7 Å². The number of hydrogen-bond acceptors (Lipinski definition) is 3. The summed E-state index contributed by atoms with van der Waals surface area (Å²) in [6, 6.07) is 5.70. The minimum absolute atomic E-state index is 0.710. The van der Waals surface area contributed by atoms with Crippen molar-refractivity contribution in [3.8, 4) is 0 Å². The Morgan fingerprint density at radius 3 is 3.12 bits per heavy atom. The summed E-state index contributed by atoms with van der Waals surface area (Å²) in [5.74, 6) is 1.13. The Morgan fingerprint density at radius 1 is 1.38 bits per heavy atom. The summed E-state index contributed by atoms with van der Waals surface area (Å²) < 4.78 is 0. The molecule has 0 saturated heterocycles. The molecule has 0 spiro atoms. The Labute approximate surface area is 103 Å². The van der Waals surface area contributed by atoms with Crippen molar-refractivity contribution in [1.29, 1.82) is 0 Å². The lowest BCUT2D eigenvalue weighted by molar-refractivity contribution is 0.855. The summed E-state index contributed by atoms with van der Waals surface area (Å²) in [4.78, 5) is 5.81. The third-order valence-corrected chi connectivity index (χ3v) is 4.29. The van der Waals surface area contributed by atoms with E-state index in [0.717, 1.165) is 39.4 Å². The predicted molar refractivity (Wildman–Crippen MR) is 70.2 cm³/mol. The van der Waals surface area contributed by atoms with Gasteiger partial charge < -0.3 is 5.73 Å². The lowest BCUT2D eigenvalue weighted by Crippen LogP contribution is -2.05. The summed E-state index contributed by atoms with van der Waals surface area (Å²) in [6.07, 6.45) is 2.22. The molecule has 0 bridgehead atoms. The molecule has 1 aromatic heterocycles. The molecule has 0 amide bonds. The molecular formula is C12H11ClN2S. The van der Waals surface area contributed by atoms with Crippen molar-refractivity contribution in [1.82, 2.24) is 4.98 Å². The molecule has 0 unspecified atom stereocenters. The van der Waals surface area contributed by atoms with Crippen LogP contribution in [0.3, 0.4) is 0 Å². The summed E-state index contributed by atoms with van der Waals surface area (Å²) in [5, 5.41) is 1.68. The van der Waals surface area contributed by atoms with Crippen LogP contribution in [0.1, 0.15) is 12.1 Å². The van der Waals surface area contributed by atoms with Crippen LogP contribution in [0.4, 0.5) is 5.69 Å². The van der Waals surface area contributed by atoms with Crippen molar-refractivity contribution >= 4 is 40.0 Å². The topological polar surface area (TPSA) is 38.9 Å². The first-order chi connectivity index (χ1) is 7.75. The van der Waals surface area contributed by atoms with Crippen LogP contribution in [0.2, 0.25) is 5.02 Å². The van der Waals surface area contributed by atoms with E-state index in [1.165, 1.54) is 6.42 Å². The van der Waals surface area contributed by atoms with Crippen LogP contribution in [0.15, 0.2) is 23.1 Å². The molecule has 2 N–H and O–H groups in total. The highest BCUT2D eigenvalue weighted by Crippen LogP contribution is 2.38. The van der Waals surface area contributed by atoms with Gasteiger partial charge in [-0.3, -0.25) is 4.98 Å². The number of pyridine rings is 1. The van der Waals surface area contributed by atoms with Crippen LogP contribution < -0.4 is 5.73 Å². The summed E-state index contributed by atoms with van der Waals surface area (Å²) >= 11 is 7.79. The first-order valence-corrected chi connectivity index (χ1v) is 6.62. The molecule has 2 nitrogen and oxygen atoms in total. The summed E-state index contributed by atoms with van der Waals surface area (Å²) in [6.45, 7) is 0. The van der Waals surface area contributed by atoms with Crippen LogP contribution in [0, 0.1) is 0 Å². The molecule has 0 saturated carbocycles. The van der Waals surface area contributed by atoms with Gasteiger partial charge in [-0.15, -0.1) is 11.8 Å². The van der Waals surface area contributed by atoms with E-state index in [1.54, 1.807) is 11.8 Å². The summed E-state index contributed by atoms with van der Waals surface area (Å²) in [7, 11) is 0. The van der Waals surface area contributed by atoms with Gasteiger partial charge in [-0.2, -0.15) is 0 Å². The molecule has 3 rings (SSSR count). The van der Waals surface area contributed by atoms with Gasteiger partial charge in [-0.05, 0) is 36.8 Å². The second kappa shape index (κ2) is 3.82. The zero-order valence-corrected chi connectivity index (χ0v) is 10.2. The van der Waals surface area contributed by atoms with E-state index in [0.29, 0.717) is 5.02 Å². The number of nitrogens with zero attached hydrogens (tertiary/aromatic N) is 1. The van der Waals surface area contributed by atoms with E-state index < -0.39 is 0 Å². The van der Waals surface area contributed by atoms with Gasteiger partial charge in [0.15, 0.2) is 0 Å². The largest absolute Gasteiger partial charge is 0.397 e. The number of nitrogen functional groups attached to an aromatic ring is 1. The van der Waals surface area contributed by atoms with Crippen LogP contribution >= 0.6 is 23.4 Å². The number of benzene rings is 1. The molecular weight excluding hydrogens is 240 g/mol. The quantitative estimate of drug-likeness (QED) is 0.778. The molecule has 0 radical (unpaired) electrons. The van der Waals surface area contributed by atoms with Gasteiger partial charge in [0, 0.05) is 10.4 Å². The van der Waals surface area contributed by atoms with Crippen molar-refractivity contribution < 1.29 is 0 Å². The zero-order chi connectivity index (χ0) is 11.1. The normalized spacial score (nSPS) is 15.1. The van der Waals surface area contributed by atoms with Gasteiger partial charge in [0.05, 0.1) is 21.8 Å². The molecule has 0 aliphatic carbocycles. The minimum atomic E-state index is 0.710. The van der Waals surface area contributed by atoms with E-state index in [1.807, 2.05) is 18.2 Å². The van der Waals surface area contributed by atoms with Crippen LogP contribution in [-0.2, 0) is 6.42 Å². The third-order valence-electron chi connectivity index (χ3n) is 2.82. The second-order valence-corrected chi connectivity index (χ2v) is 5.46. The predicted octanol–water partition coefficient (Wildman–Crippen LogP) is 3.51. The first-order valence-electron chi connectivity index (χ1n) is 5.26. The molecule has 0 atom stereocenters. The Morgan fingerprint density at radius 2 is 2.25 bits per heavy atom. The molecule has 4 heteroatoms. The highest BCUT2D eigenvalue weighted by molar-refractivity contribution is 7.99. The zero-order valence-electron chi connectivity index (χ0n) is 8.66. The van der Waals surface area contributed by atoms with E-state index in [-0.39, 0.29) is 0 Å². The number of halogens is 1. The number of fused-ring (bicyclic) bond motifs is 2. The molecule has 2 heterocycles. The number of hydrogen-bond donors (Lipinski definition) is 1. The van der Waals surface area contributed by atoms with Gasteiger partial charge in [-0.25, -0.2) is 0 Å². The highest BCUT2D eigenvalue weighted by atomic mass is 35.5. The van der Waals surface area contributed by atoms with E-state index in [9.17, 15) is 0 Å². The van der Waals surface area contributed by atoms with Gasteiger partial charge in [0.1, 0.15) is 0 Å². The Kier molecular flexibility index (Phi) is 2.45.